The van der Waals surface area contributed by atoms with Crippen molar-refractivity contribution in [2.24, 2.45) is 0 Å². The van der Waals surface area contributed by atoms with Crippen LogP contribution in [-0.2, 0) is 22.4 Å². The summed E-state index contributed by atoms with van der Waals surface area (Å²) in [5.41, 5.74) is 2.39. The minimum atomic E-state index is -1.06. The Bertz CT molecular complexity index is 1080. The van der Waals surface area contributed by atoms with E-state index in [1.807, 2.05) is 60.7 Å². The molecule has 2 aromatic carbocycles. The number of pyridine rings is 1. The molecule has 1 unspecified atom stereocenters. The minimum Gasteiger partial charge on any atom is -0.481 e. The maximum absolute atomic E-state index is 12.7. The van der Waals surface area contributed by atoms with Gasteiger partial charge in [0, 0.05) is 18.5 Å². The number of nitrogens with one attached hydrogen (secondary N) is 2. The second-order valence-electron chi connectivity index (χ2n) is 7.21. The van der Waals surface area contributed by atoms with Crippen LogP contribution in [0.15, 0.2) is 71.5 Å². The smallest absolute Gasteiger partial charge is 0.310 e. The van der Waals surface area contributed by atoms with E-state index in [-0.39, 0.29) is 18.0 Å². The van der Waals surface area contributed by atoms with Gasteiger partial charge in [0.05, 0.1) is 5.92 Å². The van der Waals surface area contributed by atoms with Crippen LogP contribution < -0.4 is 10.9 Å². The van der Waals surface area contributed by atoms with E-state index in [0.29, 0.717) is 24.1 Å². The van der Waals surface area contributed by atoms with E-state index in [1.54, 1.807) is 6.07 Å². The summed E-state index contributed by atoms with van der Waals surface area (Å²) < 4.78 is 0. The Morgan fingerprint density at radius 1 is 1.00 bits per heavy atom. The lowest BCUT2D eigenvalue weighted by atomic mass is 9.97. The number of aryl methyl sites for hydroxylation is 1. The first-order valence-corrected chi connectivity index (χ1v) is 9.80. The maximum Gasteiger partial charge on any atom is 0.310 e. The van der Waals surface area contributed by atoms with Crippen molar-refractivity contribution in [1.29, 1.82) is 0 Å². The van der Waals surface area contributed by atoms with Crippen LogP contribution in [0.3, 0.4) is 0 Å². The quantitative estimate of drug-likeness (QED) is 0.533. The average molecular weight is 404 g/mol. The number of hydrogen-bond donors (Lipinski definition) is 3. The number of aliphatic carboxylic acids is 1. The third kappa shape index (κ3) is 5.44. The first-order valence-electron chi connectivity index (χ1n) is 9.80. The molecule has 154 valence electrons. The summed E-state index contributed by atoms with van der Waals surface area (Å²) in [7, 11) is 0. The maximum atomic E-state index is 12.7. The van der Waals surface area contributed by atoms with Gasteiger partial charge >= 0.3 is 5.97 Å². The van der Waals surface area contributed by atoms with Gasteiger partial charge in [-0.2, -0.15) is 0 Å². The molecule has 3 N–H and O–H groups in total. The number of aromatic amines is 1. The predicted molar refractivity (Wildman–Crippen MR) is 116 cm³/mol. The molecule has 1 atom stereocenters. The van der Waals surface area contributed by atoms with Crippen LogP contribution in [0, 0.1) is 0 Å². The molecule has 3 rings (SSSR count). The molecule has 6 nitrogen and oxygen atoms in total. The van der Waals surface area contributed by atoms with Crippen molar-refractivity contribution < 1.29 is 14.7 Å². The summed E-state index contributed by atoms with van der Waals surface area (Å²) in [5.74, 6) is -2.34. The molecule has 0 aliphatic carbocycles. The highest BCUT2D eigenvalue weighted by atomic mass is 16.4. The summed E-state index contributed by atoms with van der Waals surface area (Å²) in [5, 5.41) is 12.1. The topological polar surface area (TPSA) is 99.3 Å². The molecule has 3 aromatic rings. The Morgan fingerprint density at radius 2 is 1.60 bits per heavy atom. The molecule has 1 amide bonds. The normalized spacial score (nSPS) is 11.6. The number of carbonyl (C=O) groups is 2. The average Bonchev–Trinajstić information content (AvgIpc) is 2.75. The zero-order valence-electron chi connectivity index (χ0n) is 16.7. The fraction of sp³-hybridized carbons (Fsp3) is 0.208. The van der Waals surface area contributed by atoms with Gasteiger partial charge in [-0.1, -0.05) is 60.7 Å². The number of amides is 1. The molecular weight excluding hydrogens is 380 g/mol. The molecule has 0 fully saturated rings. The highest BCUT2D eigenvalue weighted by Crippen LogP contribution is 2.23. The SMILES string of the molecule is CC(C(=O)O)c1cc(Cc2ccccc2)[nH]c(=O)c1NC(=O)CCc1ccccc1. The van der Waals surface area contributed by atoms with Crippen LogP contribution in [0.25, 0.3) is 0 Å². The fourth-order valence-corrected chi connectivity index (χ4v) is 3.25. The lowest BCUT2D eigenvalue weighted by Gasteiger charge is -2.15. The standard InChI is InChI=1S/C24H24N2O4/c1-16(24(29)30)20-15-19(14-18-10-6-3-7-11-18)25-23(28)22(20)26-21(27)13-12-17-8-4-2-5-9-17/h2-11,15-16H,12-14H2,1H3,(H,25,28)(H,26,27)(H,29,30). The van der Waals surface area contributed by atoms with Gasteiger partial charge in [-0.3, -0.25) is 14.4 Å². The van der Waals surface area contributed by atoms with E-state index in [1.165, 1.54) is 6.92 Å². The van der Waals surface area contributed by atoms with Gasteiger partial charge in [0.2, 0.25) is 5.91 Å². The molecule has 6 heteroatoms. The number of carbonyl (C=O) groups excluding carboxylic acids is 1. The highest BCUT2D eigenvalue weighted by molar-refractivity contribution is 5.92. The van der Waals surface area contributed by atoms with Gasteiger partial charge < -0.3 is 15.4 Å². The summed E-state index contributed by atoms with van der Waals surface area (Å²) >= 11 is 0. The van der Waals surface area contributed by atoms with Gasteiger partial charge in [-0.25, -0.2) is 0 Å². The third-order valence-corrected chi connectivity index (χ3v) is 4.94. The summed E-state index contributed by atoms with van der Waals surface area (Å²) in [6.45, 7) is 1.50. The Labute approximate surface area is 174 Å². The molecule has 30 heavy (non-hydrogen) atoms. The largest absolute Gasteiger partial charge is 0.481 e. The van der Waals surface area contributed by atoms with Crippen molar-refractivity contribution in [3.05, 3.63) is 99.5 Å². The first kappa shape index (κ1) is 21.0. The van der Waals surface area contributed by atoms with Gasteiger partial charge in [0.1, 0.15) is 5.69 Å². The van der Waals surface area contributed by atoms with Crippen LogP contribution in [-0.4, -0.2) is 22.0 Å². The Hall–Kier alpha value is -3.67. The number of carboxylic acid groups (broad SMARTS) is 1. The lowest BCUT2D eigenvalue weighted by Crippen LogP contribution is -2.25. The van der Waals surface area contributed by atoms with Crippen LogP contribution in [0.2, 0.25) is 0 Å². The van der Waals surface area contributed by atoms with Gasteiger partial charge in [0.15, 0.2) is 0 Å². The second-order valence-corrected chi connectivity index (χ2v) is 7.21. The molecule has 0 saturated carbocycles. The number of anilines is 1. The Kier molecular flexibility index (Phi) is 6.80. The second kappa shape index (κ2) is 9.69. The van der Waals surface area contributed by atoms with Gasteiger partial charge in [-0.05, 0) is 36.1 Å². The molecule has 0 aliphatic rings. The molecule has 0 saturated heterocycles. The van der Waals surface area contributed by atoms with Crippen molar-refractivity contribution >= 4 is 17.6 Å². The zero-order chi connectivity index (χ0) is 21.5. The number of aromatic nitrogens is 1. The third-order valence-electron chi connectivity index (χ3n) is 4.94. The monoisotopic (exact) mass is 404 g/mol. The number of hydrogen-bond acceptors (Lipinski definition) is 3. The van der Waals surface area contributed by atoms with E-state index < -0.39 is 17.4 Å². The predicted octanol–water partition coefficient (Wildman–Crippen LogP) is 3.73. The van der Waals surface area contributed by atoms with E-state index in [9.17, 15) is 19.5 Å². The molecule has 0 radical (unpaired) electrons. The van der Waals surface area contributed by atoms with Crippen LogP contribution in [0.1, 0.15) is 41.6 Å². The Morgan fingerprint density at radius 3 is 2.20 bits per heavy atom. The Balaban J connectivity index is 1.84. The van der Waals surface area contributed by atoms with Crippen LogP contribution >= 0.6 is 0 Å². The van der Waals surface area contributed by atoms with Crippen molar-refractivity contribution in [3.63, 3.8) is 0 Å². The van der Waals surface area contributed by atoms with E-state index >= 15 is 0 Å². The number of carboxylic acids is 1. The number of benzene rings is 2. The molecule has 0 spiro atoms. The summed E-state index contributed by atoms with van der Waals surface area (Å²) in [6, 6.07) is 20.8. The molecular formula is C24H24N2O4. The van der Waals surface area contributed by atoms with E-state index in [0.717, 1.165) is 11.1 Å². The molecule has 0 aliphatic heterocycles. The minimum absolute atomic E-state index is 0.000210. The van der Waals surface area contributed by atoms with Crippen molar-refractivity contribution in [3.8, 4) is 0 Å². The molecule has 0 bridgehead atoms. The van der Waals surface area contributed by atoms with Crippen molar-refractivity contribution in [2.75, 3.05) is 5.32 Å². The lowest BCUT2D eigenvalue weighted by molar-refractivity contribution is -0.138. The van der Waals surface area contributed by atoms with E-state index in [2.05, 4.69) is 10.3 Å². The van der Waals surface area contributed by atoms with Crippen molar-refractivity contribution in [1.82, 2.24) is 4.98 Å². The van der Waals surface area contributed by atoms with Crippen LogP contribution in [0.5, 0.6) is 0 Å². The van der Waals surface area contributed by atoms with Gasteiger partial charge in [0.25, 0.3) is 5.56 Å². The van der Waals surface area contributed by atoms with Crippen molar-refractivity contribution in [2.45, 2.75) is 32.1 Å². The summed E-state index contributed by atoms with van der Waals surface area (Å²) in [4.78, 5) is 39.6. The summed E-state index contributed by atoms with van der Waals surface area (Å²) in [6.07, 6.45) is 1.17. The van der Waals surface area contributed by atoms with Crippen LogP contribution in [0.4, 0.5) is 5.69 Å². The fourth-order valence-electron chi connectivity index (χ4n) is 3.25. The highest BCUT2D eigenvalue weighted by Gasteiger charge is 2.22. The number of rotatable bonds is 8. The zero-order valence-corrected chi connectivity index (χ0v) is 16.7. The molecule has 1 heterocycles. The van der Waals surface area contributed by atoms with E-state index in [4.69, 9.17) is 0 Å². The molecule has 1 aromatic heterocycles. The van der Waals surface area contributed by atoms with Gasteiger partial charge in [-0.15, -0.1) is 0 Å². The first-order chi connectivity index (χ1) is 14.4. The number of H-pyrrole nitrogens is 1.